The molecule has 1 aromatic heterocycles. The standard InChI is InChI=1S/C21H33N3O6S/c1-4-24(18-10-6-5-7-11-18)19(25)14-29-21(26)17-9-8-12-23(13-17)31(27,28)20-15(2)22-30-16(20)3/h17-18H,4-14H2,1-3H3. The molecule has 2 aliphatic rings. The number of hydrogen-bond acceptors (Lipinski definition) is 7. The fourth-order valence-electron chi connectivity index (χ4n) is 4.69. The van der Waals surface area contributed by atoms with Crippen molar-refractivity contribution >= 4 is 21.9 Å². The third-order valence-electron chi connectivity index (χ3n) is 6.30. The average molecular weight is 456 g/mol. The molecule has 31 heavy (non-hydrogen) atoms. The lowest BCUT2D eigenvalue weighted by Gasteiger charge is -2.34. The van der Waals surface area contributed by atoms with E-state index in [0.29, 0.717) is 31.6 Å². The first-order valence-corrected chi connectivity index (χ1v) is 12.6. The SMILES string of the molecule is CCN(C(=O)COC(=O)C1CCCN(S(=O)(=O)c2c(C)noc2C)C1)C1CCCCC1. The van der Waals surface area contributed by atoms with Gasteiger partial charge in [0.25, 0.3) is 5.91 Å². The lowest BCUT2D eigenvalue weighted by molar-refractivity contribution is -0.157. The maximum absolute atomic E-state index is 13.0. The van der Waals surface area contributed by atoms with Gasteiger partial charge < -0.3 is 14.2 Å². The third kappa shape index (κ3) is 5.28. The zero-order valence-corrected chi connectivity index (χ0v) is 19.4. The smallest absolute Gasteiger partial charge is 0.310 e. The molecule has 2 fully saturated rings. The summed E-state index contributed by atoms with van der Waals surface area (Å²) in [7, 11) is -3.82. The van der Waals surface area contributed by atoms with Gasteiger partial charge in [-0.3, -0.25) is 9.59 Å². The molecule has 0 aromatic carbocycles. The molecule has 1 aromatic rings. The van der Waals surface area contributed by atoms with Gasteiger partial charge in [-0.15, -0.1) is 0 Å². The second-order valence-electron chi connectivity index (χ2n) is 8.43. The highest BCUT2D eigenvalue weighted by atomic mass is 32.2. The number of aromatic nitrogens is 1. The van der Waals surface area contributed by atoms with Crippen LogP contribution in [0, 0.1) is 19.8 Å². The highest BCUT2D eigenvalue weighted by Crippen LogP contribution is 2.28. The van der Waals surface area contributed by atoms with Gasteiger partial charge >= 0.3 is 5.97 Å². The fraction of sp³-hybridized carbons (Fsp3) is 0.762. The number of carbonyl (C=O) groups is 2. The van der Waals surface area contributed by atoms with E-state index in [2.05, 4.69) is 5.16 Å². The Morgan fingerprint density at radius 3 is 2.48 bits per heavy atom. The Kier molecular flexibility index (Phi) is 7.74. The molecule has 10 heteroatoms. The van der Waals surface area contributed by atoms with Crippen molar-refractivity contribution in [3.05, 3.63) is 11.5 Å². The van der Waals surface area contributed by atoms with Crippen LogP contribution in [0.4, 0.5) is 0 Å². The summed E-state index contributed by atoms with van der Waals surface area (Å²) in [5.41, 5.74) is 0.301. The molecule has 1 aliphatic heterocycles. The monoisotopic (exact) mass is 455 g/mol. The van der Waals surface area contributed by atoms with E-state index in [1.54, 1.807) is 13.8 Å². The van der Waals surface area contributed by atoms with Crippen molar-refractivity contribution in [2.75, 3.05) is 26.2 Å². The van der Waals surface area contributed by atoms with E-state index in [1.807, 2.05) is 11.8 Å². The molecule has 9 nitrogen and oxygen atoms in total. The molecule has 1 unspecified atom stereocenters. The second-order valence-corrected chi connectivity index (χ2v) is 10.3. The summed E-state index contributed by atoms with van der Waals surface area (Å²) in [6.07, 6.45) is 6.49. The normalized spacial score (nSPS) is 21.1. The van der Waals surface area contributed by atoms with Crippen molar-refractivity contribution in [3.8, 4) is 0 Å². The molecule has 2 heterocycles. The Balaban J connectivity index is 1.59. The highest BCUT2D eigenvalue weighted by molar-refractivity contribution is 7.89. The molecule has 3 rings (SSSR count). The van der Waals surface area contributed by atoms with Gasteiger partial charge in [-0.2, -0.15) is 4.31 Å². The third-order valence-corrected chi connectivity index (χ3v) is 8.41. The molecule has 0 radical (unpaired) electrons. The zero-order valence-electron chi connectivity index (χ0n) is 18.6. The van der Waals surface area contributed by atoms with Crippen LogP contribution in [-0.4, -0.2) is 66.9 Å². The number of rotatable bonds is 7. The number of hydrogen-bond donors (Lipinski definition) is 0. The number of carbonyl (C=O) groups excluding carboxylic acids is 2. The van der Waals surface area contributed by atoms with Crippen molar-refractivity contribution in [2.45, 2.75) is 76.7 Å². The van der Waals surface area contributed by atoms with Gasteiger partial charge in [-0.1, -0.05) is 24.4 Å². The van der Waals surface area contributed by atoms with Crippen molar-refractivity contribution < 1.29 is 27.3 Å². The number of amides is 1. The first-order chi connectivity index (χ1) is 14.8. The van der Waals surface area contributed by atoms with Gasteiger partial charge in [0.1, 0.15) is 10.6 Å². The Hall–Kier alpha value is -1.94. The number of nitrogens with zero attached hydrogens (tertiary/aromatic N) is 3. The van der Waals surface area contributed by atoms with Crippen molar-refractivity contribution in [1.29, 1.82) is 0 Å². The van der Waals surface area contributed by atoms with Gasteiger partial charge in [-0.25, -0.2) is 8.42 Å². The van der Waals surface area contributed by atoms with E-state index in [4.69, 9.17) is 9.26 Å². The number of aryl methyl sites for hydroxylation is 2. The molecular formula is C21H33N3O6S. The van der Waals surface area contributed by atoms with Crippen molar-refractivity contribution in [1.82, 2.24) is 14.4 Å². The van der Waals surface area contributed by atoms with Crippen LogP contribution in [0.2, 0.25) is 0 Å². The Bertz CT molecular complexity index is 871. The van der Waals surface area contributed by atoms with E-state index in [1.165, 1.54) is 10.7 Å². The van der Waals surface area contributed by atoms with E-state index in [9.17, 15) is 18.0 Å². The van der Waals surface area contributed by atoms with Gasteiger partial charge in [-0.05, 0) is 46.5 Å². The van der Waals surface area contributed by atoms with Crippen LogP contribution in [-0.2, 0) is 24.3 Å². The van der Waals surface area contributed by atoms with Gasteiger partial charge in [0.05, 0.1) is 5.92 Å². The van der Waals surface area contributed by atoms with Crippen LogP contribution >= 0.6 is 0 Å². The van der Waals surface area contributed by atoms with Crippen molar-refractivity contribution in [2.24, 2.45) is 5.92 Å². The van der Waals surface area contributed by atoms with Gasteiger partial charge in [0.15, 0.2) is 12.4 Å². The number of sulfonamides is 1. The summed E-state index contributed by atoms with van der Waals surface area (Å²) in [6, 6.07) is 0.218. The van der Waals surface area contributed by atoms with Crippen LogP contribution in [0.1, 0.15) is 63.3 Å². The second kappa shape index (κ2) is 10.1. The lowest BCUT2D eigenvalue weighted by atomic mass is 9.94. The maximum atomic E-state index is 13.0. The van der Waals surface area contributed by atoms with Gasteiger partial charge in [0.2, 0.25) is 10.0 Å². The summed E-state index contributed by atoms with van der Waals surface area (Å²) >= 11 is 0. The maximum Gasteiger partial charge on any atom is 0.310 e. The Labute approximate surface area is 184 Å². The summed E-state index contributed by atoms with van der Waals surface area (Å²) in [4.78, 5) is 27.1. The molecule has 0 N–H and O–H groups in total. The first kappa shape index (κ1) is 23.7. The van der Waals surface area contributed by atoms with Crippen LogP contribution in [0.5, 0.6) is 0 Å². The molecule has 0 spiro atoms. The lowest BCUT2D eigenvalue weighted by Crippen LogP contribution is -2.45. The number of ether oxygens (including phenoxy) is 1. The summed E-state index contributed by atoms with van der Waals surface area (Å²) in [5.74, 6) is -1.07. The van der Waals surface area contributed by atoms with Crippen LogP contribution in [0.25, 0.3) is 0 Å². The topological polar surface area (TPSA) is 110 Å². The number of piperidine rings is 1. The summed E-state index contributed by atoms with van der Waals surface area (Å²) in [5, 5.41) is 3.73. The van der Waals surface area contributed by atoms with E-state index in [-0.39, 0.29) is 35.8 Å². The Morgan fingerprint density at radius 2 is 1.87 bits per heavy atom. The zero-order chi connectivity index (χ0) is 22.6. The van der Waals surface area contributed by atoms with Crippen LogP contribution in [0.15, 0.2) is 9.42 Å². The van der Waals surface area contributed by atoms with E-state index >= 15 is 0 Å². The molecule has 0 bridgehead atoms. The predicted octanol–water partition coefficient (Wildman–Crippen LogP) is 2.42. The molecule has 1 aliphatic carbocycles. The van der Waals surface area contributed by atoms with Crippen LogP contribution in [0.3, 0.4) is 0 Å². The van der Waals surface area contributed by atoms with Crippen LogP contribution < -0.4 is 0 Å². The van der Waals surface area contributed by atoms with E-state index < -0.39 is 21.9 Å². The summed E-state index contributed by atoms with van der Waals surface area (Å²) in [6.45, 7) is 5.72. The van der Waals surface area contributed by atoms with Crippen molar-refractivity contribution in [3.63, 3.8) is 0 Å². The van der Waals surface area contributed by atoms with E-state index in [0.717, 1.165) is 25.7 Å². The number of likely N-dealkylation sites (N-methyl/N-ethyl adjacent to an activating group) is 1. The molecular weight excluding hydrogens is 422 g/mol. The largest absolute Gasteiger partial charge is 0.455 e. The van der Waals surface area contributed by atoms with Gasteiger partial charge in [0, 0.05) is 25.7 Å². The minimum Gasteiger partial charge on any atom is -0.455 e. The first-order valence-electron chi connectivity index (χ1n) is 11.1. The molecule has 1 amide bonds. The predicted molar refractivity (Wildman–Crippen MR) is 113 cm³/mol. The average Bonchev–Trinajstić information content (AvgIpc) is 3.12. The minimum absolute atomic E-state index is 0.0273. The number of esters is 1. The summed E-state index contributed by atoms with van der Waals surface area (Å²) < 4.78 is 37.7. The quantitative estimate of drug-likeness (QED) is 0.581. The molecule has 1 saturated carbocycles. The minimum atomic E-state index is -3.82. The molecule has 1 saturated heterocycles. The highest BCUT2D eigenvalue weighted by Gasteiger charge is 2.37. The fourth-order valence-corrected chi connectivity index (χ4v) is 6.50. The molecule has 1 atom stereocenters. The molecule has 174 valence electrons. The Morgan fingerprint density at radius 1 is 1.16 bits per heavy atom.